The third-order valence-corrected chi connectivity index (χ3v) is 3.08. The van der Waals surface area contributed by atoms with E-state index in [0.29, 0.717) is 11.5 Å². The van der Waals surface area contributed by atoms with Gasteiger partial charge in [0.25, 0.3) is 0 Å². The van der Waals surface area contributed by atoms with Gasteiger partial charge in [-0.05, 0) is 35.4 Å². The largest absolute Gasteiger partial charge is 0.468 e. The summed E-state index contributed by atoms with van der Waals surface area (Å²) in [5.74, 6) is 1.39. The Morgan fingerprint density at radius 3 is 1.41 bits per heavy atom. The molecule has 0 heterocycles. The second-order valence-corrected chi connectivity index (χ2v) is 4.64. The molecular formula is C17H20O5. The van der Waals surface area contributed by atoms with Crippen molar-refractivity contribution in [1.29, 1.82) is 0 Å². The van der Waals surface area contributed by atoms with Crippen LogP contribution >= 0.6 is 0 Å². The van der Waals surface area contributed by atoms with Crippen molar-refractivity contribution in [2.45, 2.75) is 6.10 Å². The van der Waals surface area contributed by atoms with E-state index in [9.17, 15) is 5.11 Å². The summed E-state index contributed by atoms with van der Waals surface area (Å²) in [6.07, 6.45) is -0.701. The SMILES string of the molecule is COCOc1ccc(C(O)c2ccc(OCOC)cc2)cc1. The van der Waals surface area contributed by atoms with Gasteiger partial charge in [0.05, 0.1) is 0 Å². The molecule has 22 heavy (non-hydrogen) atoms. The van der Waals surface area contributed by atoms with Crippen LogP contribution in [0.5, 0.6) is 11.5 Å². The first-order valence-electron chi connectivity index (χ1n) is 6.86. The molecule has 0 amide bonds. The highest BCUT2D eigenvalue weighted by Crippen LogP contribution is 2.25. The molecule has 0 aliphatic heterocycles. The maximum Gasteiger partial charge on any atom is 0.188 e. The molecule has 2 aromatic carbocycles. The van der Waals surface area contributed by atoms with E-state index in [1.54, 1.807) is 38.5 Å². The number of aliphatic hydroxyl groups excluding tert-OH is 1. The third kappa shape index (κ3) is 4.46. The Morgan fingerprint density at radius 1 is 0.727 bits per heavy atom. The van der Waals surface area contributed by atoms with E-state index in [1.165, 1.54) is 0 Å². The maximum atomic E-state index is 10.4. The lowest BCUT2D eigenvalue weighted by molar-refractivity contribution is 0.0509. The topological polar surface area (TPSA) is 57.2 Å². The summed E-state index contributed by atoms with van der Waals surface area (Å²) in [6.45, 7) is 0.398. The van der Waals surface area contributed by atoms with Crippen LogP contribution in [-0.2, 0) is 9.47 Å². The van der Waals surface area contributed by atoms with Gasteiger partial charge in [0.1, 0.15) is 17.6 Å². The van der Waals surface area contributed by atoms with Gasteiger partial charge in [-0.25, -0.2) is 0 Å². The summed E-state index contributed by atoms with van der Waals surface area (Å²) in [6, 6.07) is 14.5. The first-order chi connectivity index (χ1) is 10.7. The van der Waals surface area contributed by atoms with E-state index in [2.05, 4.69) is 0 Å². The van der Waals surface area contributed by atoms with E-state index in [4.69, 9.17) is 18.9 Å². The second-order valence-electron chi connectivity index (χ2n) is 4.64. The van der Waals surface area contributed by atoms with Gasteiger partial charge < -0.3 is 24.1 Å². The molecule has 0 aromatic heterocycles. The van der Waals surface area contributed by atoms with Crippen LogP contribution in [0.15, 0.2) is 48.5 Å². The maximum absolute atomic E-state index is 10.4. The molecule has 2 aromatic rings. The number of rotatable bonds is 8. The van der Waals surface area contributed by atoms with Crippen molar-refractivity contribution in [2.75, 3.05) is 27.8 Å². The molecule has 0 atom stereocenters. The summed E-state index contributed by atoms with van der Waals surface area (Å²) < 4.78 is 20.3. The molecule has 0 saturated heterocycles. The van der Waals surface area contributed by atoms with Crippen LogP contribution in [0.2, 0.25) is 0 Å². The van der Waals surface area contributed by atoms with Gasteiger partial charge >= 0.3 is 0 Å². The molecule has 0 aliphatic carbocycles. The highest BCUT2D eigenvalue weighted by atomic mass is 16.7. The van der Waals surface area contributed by atoms with E-state index in [0.717, 1.165) is 11.1 Å². The molecular weight excluding hydrogens is 284 g/mol. The Morgan fingerprint density at radius 2 is 1.09 bits per heavy atom. The number of methoxy groups -OCH3 is 2. The lowest BCUT2D eigenvalue weighted by atomic mass is 10.0. The average molecular weight is 304 g/mol. The smallest absolute Gasteiger partial charge is 0.188 e. The molecule has 0 fully saturated rings. The zero-order valence-corrected chi connectivity index (χ0v) is 12.7. The molecule has 0 radical (unpaired) electrons. The van der Waals surface area contributed by atoms with E-state index >= 15 is 0 Å². The molecule has 1 N–H and O–H groups in total. The molecule has 0 aliphatic rings. The number of aliphatic hydroxyl groups is 1. The molecule has 5 nitrogen and oxygen atoms in total. The number of ether oxygens (including phenoxy) is 4. The zero-order valence-electron chi connectivity index (χ0n) is 12.7. The Hall–Kier alpha value is -2.08. The van der Waals surface area contributed by atoms with Crippen molar-refractivity contribution < 1.29 is 24.1 Å². The molecule has 0 unspecified atom stereocenters. The minimum absolute atomic E-state index is 0.199. The van der Waals surface area contributed by atoms with Crippen molar-refractivity contribution in [3.05, 3.63) is 59.7 Å². The summed E-state index contributed by atoms with van der Waals surface area (Å²) in [5.41, 5.74) is 1.57. The predicted molar refractivity (Wildman–Crippen MR) is 82.0 cm³/mol. The Kier molecular flexibility index (Phi) is 6.21. The van der Waals surface area contributed by atoms with Crippen LogP contribution in [0.1, 0.15) is 17.2 Å². The highest BCUT2D eigenvalue weighted by Gasteiger charge is 2.10. The lowest BCUT2D eigenvalue weighted by Crippen LogP contribution is -2.02. The Labute approximate surface area is 130 Å². The normalized spacial score (nSPS) is 10.7. The van der Waals surface area contributed by atoms with Crippen molar-refractivity contribution in [3.8, 4) is 11.5 Å². The van der Waals surface area contributed by atoms with Gasteiger partial charge in [-0.1, -0.05) is 24.3 Å². The van der Waals surface area contributed by atoms with Gasteiger partial charge in [-0.3, -0.25) is 0 Å². The van der Waals surface area contributed by atoms with Crippen LogP contribution in [0.4, 0.5) is 0 Å². The van der Waals surface area contributed by atoms with Crippen molar-refractivity contribution in [2.24, 2.45) is 0 Å². The Balaban J connectivity index is 2.02. The zero-order chi connectivity index (χ0) is 15.8. The highest BCUT2D eigenvalue weighted by molar-refractivity contribution is 5.36. The van der Waals surface area contributed by atoms with Gasteiger partial charge in [-0.2, -0.15) is 0 Å². The van der Waals surface area contributed by atoms with Crippen molar-refractivity contribution in [3.63, 3.8) is 0 Å². The van der Waals surface area contributed by atoms with Crippen LogP contribution in [-0.4, -0.2) is 32.9 Å². The third-order valence-electron chi connectivity index (χ3n) is 3.08. The monoisotopic (exact) mass is 304 g/mol. The van der Waals surface area contributed by atoms with Crippen LogP contribution in [0.3, 0.4) is 0 Å². The van der Waals surface area contributed by atoms with Crippen molar-refractivity contribution >= 4 is 0 Å². The number of hydrogen-bond acceptors (Lipinski definition) is 5. The number of benzene rings is 2. The van der Waals surface area contributed by atoms with Crippen molar-refractivity contribution in [1.82, 2.24) is 0 Å². The summed E-state index contributed by atoms with van der Waals surface area (Å²) in [7, 11) is 3.14. The quantitative estimate of drug-likeness (QED) is 0.760. The first-order valence-corrected chi connectivity index (χ1v) is 6.86. The molecule has 5 heteroatoms. The molecule has 0 bridgehead atoms. The van der Waals surface area contributed by atoms with Crippen LogP contribution < -0.4 is 9.47 Å². The lowest BCUT2D eigenvalue weighted by Gasteiger charge is -2.13. The molecule has 0 spiro atoms. The fourth-order valence-electron chi connectivity index (χ4n) is 1.94. The minimum atomic E-state index is -0.701. The minimum Gasteiger partial charge on any atom is -0.468 e. The van der Waals surface area contributed by atoms with Gasteiger partial charge in [0.2, 0.25) is 0 Å². The van der Waals surface area contributed by atoms with E-state index in [1.807, 2.05) is 24.3 Å². The predicted octanol–water partition coefficient (Wildman–Crippen LogP) is 2.73. The molecule has 2 rings (SSSR count). The van der Waals surface area contributed by atoms with E-state index in [-0.39, 0.29) is 13.6 Å². The standard InChI is InChI=1S/C17H20O5/c1-19-11-21-15-7-3-13(4-8-15)17(18)14-5-9-16(10-6-14)22-12-20-2/h3-10,17-18H,11-12H2,1-2H3. The fourth-order valence-corrected chi connectivity index (χ4v) is 1.94. The fraction of sp³-hybridized carbons (Fsp3) is 0.294. The second kappa shape index (κ2) is 8.38. The van der Waals surface area contributed by atoms with Gasteiger partial charge in [0, 0.05) is 14.2 Å². The van der Waals surface area contributed by atoms with E-state index < -0.39 is 6.10 Å². The average Bonchev–Trinajstić information content (AvgIpc) is 2.58. The molecule has 0 saturated carbocycles. The van der Waals surface area contributed by atoms with Gasteiger partial charge in [-0.15, -0.1) is 0 Å². The number of hydrogen-bond donors (Lipinski definition) is 1. The van der Waals surface area contributed by atoms with Crippen LogP contribution in [0, 0.1) is 0 Å². The molecule has 118 valence electrons. The first kappa shape index (κ1) is 16.3. The summed E-state index contributed by atoms with van der Waals surface area (Å²) in [5, 5.41) is 10.4. The summed E-state index contributed by atoms with van der Waals surface area (Å²) >= 11 is 0. The summed E-state index contributed by atoms with van der Waals surface area (Å²) in [4.78, 5) is 0. The van der Waals surface area contributed by atoms with Crippen LogP contribution in [0.25, 0.3) is 0 Å². The Bertz CT molecular complexity index is 499. The van der Waals surface area contributed by atoms with Gasteiger partial charge in [0.15, 0.2) is 13.6 Å².